The van der Waals surface area contributed by atoms with Crippen LogP contribution in [0.4, 0.5) is 0 Å². The van der Waals surface area contributed by atoms with Crippen LogP contribution >= 0.6 is 0 Å². The molecule has 1 aromatic heterocycles. The molecule has 1 heterocycles. The summed E-state index contributed by atoms with van der Waals surface area (Å²) in [6.07, 6.45) is 18.0. The lowest BCUT2D eigenvalue weighted by Gasteiger charge is -2.15. The summed E-state index contributed by atoms with van der Waals surface area (Å²) in [5.41, 5.74) is 1.65. The van der Waals surface area contributed by atoms with Gasteiger partial charge in [-0.2, -0.15) is 5.21 Å². The highest BCUT2D eigenvalue weighted by Gasteiger charge is 2.25. The molecule has 1 aromatic carbocycles. The molecule has 3 atom stereocenters. The summed E-state index contributed by atoms with van der Waals surface area (Å²) in [6.45, 7) is 6.41. The van der Waals surface area contributed by atoms with Crippen LogP contribution in [0.25, 0.3) is 0 Å². The van der Waals surface area contributed by atoms with E-state index in [0.717, 1.165) is 49.9 Å². The summed E-state index contributed by atoms with van der Waals surface area (Å²) < 4.78 is 47.6. The third kappa shape index (κ3) is 46.3. The molecule has 2 aromatic rings. The number of aliphatic carboxylic acids is 3. The van der Waals surface area contributed by atoms with Crippen molar-refractivity contribution in [3.8, 4) is 0 Å². The van der Waals surface area contributed by atoms with Gasteiger partial charge in [0.15, 0.2) is 11.6 Å². The van der Waals surface area contributed by atoms with Gasteiger partial charge in [-0.05, 0) is 83.8 Å². The van der Waals surface area contributed by atoms with Crippen LogP contribution in [0, 0.1) is 12.8 Å². The number of H-pyrrole nitrogens is 1. The maximum absolute atomic E-state index is 12.3. The number of hydrogen-bond donors (Lipinski definition) is 9. The third-order valence-corrected chi connectivity index (χ3v) is 15.2. The molecule has 0 aliphatic carbocycles. The molecule has 2 rings (SSSR count). The number of amides is 5. The van der Waals surface area contributed by atoms with Crippen molar-refractivity contribution in [2.75, 3.05) is 71.7 Å². The van der Waals surface area contributed by atoms with E-state index < -0.39 is 69.4 Å². The number of hydrogen-bond acceptors (Lipinski definition) is 19. The van der Waals surface area contributed by atoms with Crippen molar-refractivity contribution in [3.63, 3.8) is 0 Å². The highest BCUT2D eigenvalue weighted by molar-refractivity contribution is 7.90. The number of ether oxygens (including phenoxy) is 4. The number of aromatic amines is 1. The fourth-order valence-corrected chi connectivity index (χ4v) is 9.88. The number of aromatic nitrogens is 4. The number of Topliss-reactive ketones (excluding diaryl/α,β-unsaturated/α-hetero) is 2. The SMILES string of the molecule is CC(=O)CCCOCCOCC(=O)N[C@@H](CCCCNC(=O)c1ccc(C)cc1)C(=O)O.CCCC(NC(=O)CC[C@H](CC(=O)COCCOCCNC(=O)CCCS(=O)(=O)NC(=O)CCCCCCCCCCCCCCCc1nn[nH]n1)C(=O)O)C(=O)O. The summed E-state index contributed by atoms with van der Waals surface area (Å²) in [6, 6.07) is 5.17. The molecule has 0 saturated heterocycles. The first-order chi connectivity index (χ1) is 43.1. The van der Waals surface area contributed by atoms with E-state index in [4.69, 9.17) is 24.1 Å². The number of carbonyl (C=O) groups is 10. The van der Waals surface area contributed by atoms with Gasteiger partial charge in [0.2, 0.25) is 33.7 Å². The zero-order chi connectivity index (χ0) is 66.6. The van der Waals surface area contributed by atoms with Crippen molar-refractivity contribution in [2.45, 2.75) is 206 Å². The molecule has 0 radical (unpaired) electrons. The summed E-state index contributed by atoms with van der Waals surface area (Å²) in [5, 5.41) is 52.0. The minimum atomic E-state index is -3.84. The van der Waals surface area contributed by atoms with Gasteiger partial charge in [-0.25, -0.2) is 18.0 Å². The molecule has 5 amide bonds. The van der Waals surface area contributed by atoms with Gasteiger partial charge in [-0.1, -0.05) is 107 Å². The Balaban J connectivity index is 0.00000106. The van der Waals surface area contributed by atoms with Crippen LogP contribution in [0.5, 0.6) is 0 Å². The lowest BCUT2D eigenvalue weighted by Crippen LogP contribution is -2.42. The summed E-state index contributed by atoms with van der Waals surface area (Å²) in [5.74, 6) is -6.80. The summed E-state index contributed by atoms with van der Waals surface area (Å²) in [7, 11) is -3.84. The van der Waals surface area contributed by atoms with E-state index in [1.807, 2.05) is 19.1 Å². The van der Waals surface area contributed by atoms with Crippen LogP contribution in [-0.2, 0) is 78.5 Å². The number of nitrogens with one attached hydrogen (secondary N) is 6. The number of ketones is 2. The standard InChI is InChI=1S/C38H67N7O12S.C23H34N2O7/c1-2-17-32(38(52)53)40-35(48)22-21-30(37(50)51)28-31(46)29-57-26-25-56-24-23-39-34(47)20-16-27-58(54,55)43-36(49)19-15-13-11-9-7-5-3-4-6-8-10-12-14-18-33-41-44-45-42-33;1-17-8-10-19(11-9-17)22(28)24-12-4-3-7-20(23(29)30)25-21(27)16-32-15-14-31-13-5-6-18(2)26/h30,32H,2-29H2,1H3,(H,39,47)(H,40,48)(H,43,49)(H,50,51)(H,52,53)(H,41,42,44,45);8-11,20H,3-7,12-16H2,1-2H3,(H,24,28)(H,25,27)(H,29,30)/t30-,32?;20-/m10/s1. The molecule has 510 valence electrons. The van der Waals surface area contributed by atoms with E-state index in [0.29, 0.717) is 63.8 Å². The number of nitrogens with zero attached hydrogens (tertiary/aromatic N) is 3. The molecule has 1 unspecified atom stereocenters. The number of tetrazole rings is 1. The molecule has 90 heavy (non-hydrogen) atoms. The van der Waals surface area contributed by atoms with Crippen LogP contribution in [0.15, 0.2) is 24.3 Å². The lowest BCUT2D eigenvalue weighted by atomic mass is 9.97. The van der Waals surface area contributed by atoms with E-state index in [2.05, 4.69) is 46.6 Å². The van der Waals surface area contributed by atoms with Gasteiger partial charge in [-0.3, -0.25) is 38.3 Å². The number of carbonyl (C=O) groups excluding carboxylic acids is 7. The number of sulfonamides is 1. The molecule has 0 spiro atoms. The van der Waals surface area contributed by atoms with Crippen LogP contribution in [-0.4, -0.2) is 187 Å². The van der Waals surface area contributed by atoms with Crippen LogP contribution < -0.4 is 26.0 Å². The molecule has 28 nitrogen and oxygen atoms in total. The summed E-state index contributed by atoms with van der Waals surface area (Å²) >= 11 is 0. The maximum Gasteiger partial charge on any atom is 0.326 e. The minimum Gasteiger partial charge on any atom is -0.481 e. The Morgan fingerprint density at radius 3 is 1.70 bits per heavy atom. The molecule has 0 aliphatic rings. The minimum absolute atomic E-state index is 0.0330. The van der Waals surface area contributed by atoms with Gasteiger partial charge in [0.1, 0.15) is 31.1 Å². The van der Waals surface area contributed by atoms with Gasteiger partial charge >= 0.3 is 17.9 Å². The molecule has 0 aliphatic heterocycles. The van der Waals surface area contributed by atoms with Gasteiger partial charge in [0, 0.05) is 63.8 Å². The first kappa shape index (κ1) is 81.2. The molecule has 9 N–H and O–H groups in total. The highest BCUT2D eigenvalue weighted by Crippen LogP contribution is 2.16. The molecule has 0 saturated carbocycles. The maximum atomic E-state index is 12.3. The number of carboxylic acid groups (broad SMARTS) is 3. The quantitative estimate of drug-likeness (QED) is 0.0381. The fraction of sp³-hybridized carbons (Fsp3) is 0.721. The molecule has 0 bridgehead atoms. The topological polar surface area (TPSA) is 417 Å². The second kappa shape index (κ2) is 51.9. The Morgan fingerprint density at radius 1 is 0.544 bits per heavy atom. The van der Waals surface area contributed by atoms with E-state index in [9.17, 15) is 66.6 Å². The Hall–Kier alpha value is -6.82. The Kier molecular flexibility index (Phi) is 46.8. The second-order valence-corrected chi connectivity index (χ2v) is 23.8. The smallest absolute Gasteiger partial charge is 0.326 e. The Bertz CT molecular complexity index is 2490. The second-order valence-electron chi connectivity index (χ2n) is 22.0. The zero-order valence-electron chi connectivity index (χ0n) is 53.0. The fourth-order valence-electron chi connectivity index (χ4n) is 8.80. The normalized spacial score (nSPS) is 12.1. The van der Waals surface area contributed by atoms with Crippen molar-refractivity contribution < 1.29 is 90.6 Å². The Morgan fingerprint density at radius 2 is 1.11 bits per heavy atom. The number of benzene rings is 1. The molecule has 29 heteroatoms. The van der Waals surface area contributed by atoms with Crippen molar-refractivity contribution in [3.05, 3.63) is 41.2 Å². The number of unbranched alkanes of at least 4 members (excludes halogenated alkanes) is 13. The zero-order valence-corrected chi connectivity index (χ0v) is 53.9. The van der Waals surface area contributed by atoms with Gasteiger partial charge in [0.05, 0.1) is 44.7 Å². The van der Waals surface area contributed by atoms with Crippen LogP contribution in [0.2, 0.25) is 0 Å². The van der Waals surface area contributed by atoms with Gasteiger partial charge < -0.3 is 60.3 Å². The number of carboxylic acids is 3. The van der Waals surface area contributed by atoms with Crippen LogP contribution in [0.1, 0.15) is 203 Å². The van der Waals surface area contributed by atoms with E-state index in [1.165, 1.54) is 51.9 Å². The van der Waals surface area contributed by atoms with E-state index in [1.54, 1.807) is 19.1 Å². The first-order valence-electron chi connectivity index (χ1n) is 31.6. The largest absolute Gasteiger partial charge is 0.481 e. The predicted octanol–water partition coefficient (Wildman–Crippen LogP) is 5.26. The predicted molar refractivity (Wildman–Crippen MR) is 331 cm³/mol. The van der Waals surface area contributed by atoms with Crippen molar-refractivity contribution in [1.82, 2.24) is 46.6 Å². The van der Waals surface area contributed by atoms with Crippen molar-refractivity contribution in [2.24, 2.45) is 5.92 Å². The van der Waals surface area contributed by atoms with Crippen LogP contribution in [0.3, 0.4) is 0 Å². The molecular formula is C61H101N9O19S. The third-order valence-electron chi connectivity index (χ3n) is 13.8. The average Bonchev–Trinajstić information content (AvgIpc) is 3.50. The average molecular weight is 1300 g/mol. The summed E-state index contributed by atoms with van der Waals surface area (Å²) in [4.78, 5) is 117. The van der Waals surface area contributed by atoms with E-state index >= 15 is 0 Å². The van der Waals surface area contributed by atoms with E-state index in [-0.39, 0.29) is 121 Å². The van der Waals surface area contributed by atoms with Gasteiger partial charge in [-0.15, -0.1) is 10.2 Å². The molecule has 0 fully saturated rings. The lowest BCUT2D eigenvalue weighted by molar-refractivity contribution is -0.145. The van der Waals surface area contributed by atoms with Crippen molar-refractivity contribution in [1.29, 1.82) is 0 Å². The Labute approximate surface area is 529 Å². The molecular weight excluding hydrogens is 1190 g/mol. The highest BCUT2D eigenvalue weighted by atomic mass is 32.2. The van der Waals surface area contributed by atoms with Gasteiger partial charge in [0.25, 0.3) is 5.91 Å². The first-order valence-corrected chi connectivity index (χ1v) is 33.2. The number of rotatable bonds is 56. The number of aryl methyl sites for hydroxylation is 2. The monoisotopic (exact) mass is 1300 g/mol. The van der Waals surface area contributed by atoms with Crippen molar-refractivity contribution >= 4 is 69.0 Å².